The van der Waals surface area contributed by atoms with Crippen molar-refractivity contribution in [3.8, 4) is 5.75 Å². The first-order valence-electron chi connectivity index (χ1n) is 9.33. The number of aliphatic imine (C=N–C) groups is 1. The molecule has 4 N–H and O–H groups in total. The molecule has 0 aliphatic carbocycles. The SMILES string of the molecule is C=N/C(C(N)=O)=C(/NC(=O)c1ccc(OC)cc1)SCNc1ccc2ccccc2c1. The number of amides is 2. The number of thioether (sulfide) groups is 1. The van der Waals surface area contributed by atoms with Crippen LogP contribution in [0.1, 0.15) is 10.4 Å². The molecule has 0 unspecified atom stereocenters. The Morgan fingerprint density at radius 1 is 1.06 bits per heavy atom. The third kappa shape index (κ3) is 5.64. The predicted molar refractivity (Wildman–Crippen MR) is 126 cm³/mol. The molecule has 0 radical (unpaired) electrons. The summed E-state index contributed by atoms with van der Waals surface area (Å²) in [6, 6.07) is 20.6. The van der Waals surface area contributed by atoms with E-state index in [1.165, 1.54) is 11.8 Å². The van der Waals surface area contributed by atoms with E-state index in [1.807, 2.05) is 42.5 Å². The maximum absolute atomic E-state index is 12.6. The van der Waals surface area contributed by atoms with Gasteiger partial charge in [0.25, 0.3) is 11.8 Å². The molecule has 3 rings (SSSR count). The van der Waals surface area contributed by atoms with Crippen molar-refractivity contribution in [1.82, 2.24) is 5.32 Å². The first-order valence-corrected chi connectivity index (χ1v) is 10.3. The first kappa shape index (κ1) is 21.9. The summed E-state index contributed by atoms with van der Waals surface area (Å²) in [6.45, 7) is 3.40. The quantitative estimate of drug-likeness (QED) is 0.270. The zero-order valence-corrected chi connectivity index (χ0v) is 17.7. The smallest absolute Gasteiger partial charge is 0.270 e. The number of nitrogens with one attached hydrogen (secondary N) is 2. The molecule has 7 nitrogen and oxygen atoms in total. The summed E-state index contributed by atoms with van der Waals surface area (Å²) in [5.74, 6) is -0.188. The van der Waals surface area contributed by atoms with Gasteiger partial charge in [-0.3, -0.25) is 14.6 Å². The Morgan fingerprint density at radius 2 is 1.77 bits per heavy atom. The van der Waals surface area contributed by atoms with Crippen molar-refractivity contribution in [3.05, 3.63) is 83.0 Å². The van der Waals surface area contributed by atoms with E-state index in [0.717, 1.165) is 16.5 Å². The molecule has 0 bridgehead atoms. The van der Waals surface area contributed by atoms with Crippen LogP contribution in [0.5, 0.6) is 5.75 Å². The lowest BCUT2D eigenvalue weighted by molar-refractivity contribution is -0.114. The van der Waals surface area contributed by atoms with Gasteiger partial charge in [-0.1, -0.05) is 42.1 Å². The van der Waals surface area contributed by atoms with Crippen molar-refractivity contribution >= 4 is 46.8 Å². The van der Waals surface area contributed by atoms with Gasteiger partial charge >= 0.3 is 0 Å². The van der Waals surface area contributed by atoms with Gasteiger partial charge in [-0.15, -0.1) is 0 Å². The second-order valence-corrected chi connectivity index (χ2v) is 7.40. The molecule has 0 saturated carbocycles. The largest absolute Gasteiger partial charge is 0.497 e. The van der Waals surface area contributed by atoms with E-state index in [1.54, 1.807) is 31.4 Å². The summed E-state index contributed by atoms with van der Waals surface area (Å²) >= 11 is 1.19. The minimum atomic E-state index is -0.779. The summed E-state index contributed by atoms with van der Waals surface area (Å²) in [6.07, 6.45) is 0. The lowest BCUT2D eigenvalue weighted by Gasteiger charge is -2.13. The van der Waals surface area contributed by atoms with E-state index < -0.39 is 11.8 Å². The standard InChI is InChI=1S/C23H22N4O3S/c1-25-20(21(24)28)23(27-22(29)16-8-11-19(30-2)12-9-16)31-14-26-18-10-7-15-5-3-4-6-17(15)13-18/h3-13,26H,1,14H2,2H3,(H2,24,28)(H,27,29)/b23-20-. The van der Waals surface area contributed by atoms with Gasteiger partial charge < -0.3 is 21.1 Å². The molecule has 158 valence electrons. The van der Waals surface area contributed by atoms with Gasteiger partial charge in [-0.2, -0.15) is 0 Å². The summed E-state index contributed by atoms with van der Waals surface area (Å²) in [5, 5.41) is 8.43. The highest BCUT2D eigenvalue weighted by molar-refractivity contribution is 8.03. The summed E-state index contributed by atoms with van der Waals surface area (Å²) in [7, 11) is 1.55. The van der Waals surface area contributed by atoms with Crippen LogP contribution in [-0.2, 0) is 4.79 Å². The summed E-state index contributed by atoms with van der Waals surface area (Å²) < 4.78 is 5.10. The lowest BCUT2D eigenvalue weighted by Crippen LogP contribution is -2.26. The zero-order chi connectivity index (χ0) is 22.2. The van der Waals surface area contributed by atoms with Gasteiger partial charge in [-0.05, 0) is 53.9 Å². The average molecular weight is 435 g/mol. The fourth-order valence-electron chi connectivity index (χ4n) is 2.83. The third-order valence-corrected chi connectivity index (χ3v) is 5.30. The molecule has 2 amide bonds. The van der Waals surface area contributed by atoms with Gasteiger partial charge in [-0.25, -0.2) is 0 Å². The number of benzene rings is 3. The molecule has 0 aliphatic rings. The van der Waals surface area contributed by atoms with Crippen LogP contribution in [0.3, 0.4) is 0 Å². The number of ether oxygens (including phenoxy) is 1. The molecule has 8 heteroatoms. The Balaban J connectivity index is 1.73. The van der Waals surface area contributed by atoms with Crippen molar-refractivity contribution in [2.75, 3.05) is 18.3 Å². The van der Waals surface area contributed by atoms with Crippen LogP contribution in [0.2, 0.25) is 0 Å². The molecule has 3 aromatic carbocycles. The number of rotatable bonds is 9. The molecular formula is C23H22N4O3S. The number of carbonyl (C=O) groups is 2. The molecule has 0 aromatic heterocycles. The van der Waals surface area contributed by atoms with Gasteiger partial charge in [0.05, 0.1) is 13.0 Å². The van der Waals surface area contributed by atoms with E-state index in [2.05, 4.69) is 22.3 Å². The van der Waals surface area contributed by atoms with Crippen molar-refractivity contribution < 1.29 is 14.3 Å². The maximum atomic E-state index is 12.6. The molecule has 0 saturated heterocycles. The number of fused-ring (bicyclic) bond motifs is 1. The van der Waals surface area contributed by atoms with Gasteiger partial charge in [0.15, 0.2) is 5.70 Å². The Hall–Kier alpha value is -3.78. The van der Waals surface area contributed by atoms with Crippen molar-refractivity contribution in [3.63, 3.8) is 0 Å². The third-order valence-electron chi connectivity index (χ3n) is 4.43. The Bertz CT molecular complexity index is 1140. The fraction of sp³-hybridized carbons (Fsp3) is 0.0870. The molecule has 0 aliphatic heterocycles. The minimum absolute atomic E-state index is 0.104. The van der Waals surface area contributed by atoms with Crippen LogP contribution < -0.4 is 21.1 Å². The number of carbonyl (C=O) groups excluding carboxylic acids is 2. The predicted octanol–water partition coefficient (Wildman–Crippen LogP) is 3.74. The van der Waals surface area contributed by atoms with E-state index in [4.69, 9.17) is 10.5 Å². The normalized spacial score (nSPS) is 11.4. The van der Waals surface area contributed by atoms with Crippen LogP contribution >= 0.6 is 11.8 Å². The van der Waals surface area contributed by atoms with Crippen LogP contribution in [0.4, 0.5) is 5.69 Å². The number of primary amides is 1. The van der Waals surface area contributed by atoms with E-state index in [0.29, 0.717) is 17.2 Å². The highest BCUT2D eigenvalue weighted by atomic mass is 32.2. The number of anilines is 1. The summed E-state index contributed by atoms with van der Waals surface area (Å²) in [4.78, 5) is 28.1. The van der Waals surface area contributed by atoms with Crippen LogP contribution in [0, 0.1) is 0 Å². The average Bonchev–Trinajstić information content (AvgIpc) is 2.79. The minimum Gasteiger partial charge on any atom is -0.497 e. The molecule has 3 aromatic rings. The highest BCUT2D eigenvalue weighted by Gasteiger charge is 2.16. The first-order chi connectivity index (χ1) is 15.0. The highest BCUT2D eigenvalue weighted by Crippen LogP contribution is 2.23. The van der Waals surface area contributed by atoms with Gasteiger partial charge in [0, 0.05) is 11.3 Å². The van der Waals surface area contributed by atoms with E-state index >= 15 is 0 Å². The number of hydrogen-bond acceptors (Lipinski definition) is 6. The van der Waals surface area contributed by atoms with E-state index in [-0.39, 0.29) is 10.7 Å². The van der Waals surface area contributed by atoms with Crippen LogP contribution in [0.25, 0.3) is 10.8 Å². The molecule has 0 heterocycles. The number of hydrogen-bond donors (Lipinski definition) is 3. The topological polar surface area (TPSA) is 106 Å². The number of nitrogens with two attached hydrogens (primary N) is 1. The maximum Gasteiger partial charge on any atom is 0.270 e. The Labute approximate surface area is 184 Å². The van der Waals surface area contributed by atoms with Gasteiger partial charge in [0.1, 0.15) is 10.8 Å². The fourth-order valence-corrected chi connectivity index (χ4v) is 3.68. The second kappa shape index (κ2) is 10.3. The number of methoxy groups -OCH3 is 1. The molecule has 0 fully saturated rings. The Morgan fingerprint density at radius 3 is 2.42 bits per heavy atom. The monoisotopic (exact) mass is 434 g/mol. The molecule has 0 atom stereocenters. The van der Waals surface area contributed by atoms with Crippen molar-refractivity contribution in [2.45, 2.75) is 0 Å². The zero-order valence-electron chi connectivity index (χ0n) is 16.9. The van der Waals surface area contributed by atoms with Crippen LogP contribution in [0.15, 0.2) is 82.4 Å². The molecule has 31 heavy (non-hydrogen) atoms. The molecular weight excluding hydrogens is 412 g/mol. The lowest BCUT2D eigenvalue weighted by atomic mass is 10.1. The number of nitrogens with zero attached hydrogens (tertiary/aromatic N) is 1. The summed E-state index contributed by atoms with van der Waals surface area (Å²) in [5.41, 5.74) is 6.61. The Kier molecular flexibility index (Phi) is 7.29. The van der Waals surface area contributed by atoms with E-state index in [9.17, 15) is 9.59 Å². The van der Waals surface area contributed by atoms with Crippen molar-refractivity contribution in [2.24, 2.45) is 10.7 Å². The van der Waals surface area contributed by atoms with Crippen LogP contribution in [-0.4, -0.2) is 31.5 Å². The molecule has 0 spiro atoms. The van der Waals surface area contributed by atoms with Gasteiger partial charge in [0.2, 0.25) is 0 Å². The van der Waals surface area contributed by atoms with Crippen molar-refractivity contribution in [1.29, 1.82) is 0 Å². The second-order valence-electron chi connectivity index (χ2n) is 6.41.